The van der Waals surface area contributed by atoms with Crippen LogP contribution in [0.4, 0.5) is 0 Å². The summed E-state index contributed by atoms with van der Waals surface area (Å²) in [6.07, 6.45) is 8.59. The molecule has 0 unspecified atom stereocenters. The summed E-state index contributed by atoms with van der Waals surface area (Å²) in [7, 11) is 0. The molecule has 0 amide bonds. The van der Waals surface area contributed by atoms with Crippen LogP contribution < -0.4 is 24.0 Å². The Balaban J connectivity index is 0. The molecule has 0 saturated heterocycles. The summed E-state index contributed by atoms with van der Waals surface area (Å²) < 4.78 is 0. The van der Waals surface area contributed by atoms with E-state index in [1.807, 2.05) is 0 Å². The van der Waals surface area contributed by atoms with Gasteiger partial charge in [0.15, 0.2) is 0 Å². The quantitative estimate of drug-likeness (QED) is 0.341. The Morgan fingerprint density at radius 3 is 1.90 bits per heavy atom. The van der Waals surface area contributed by atoms with Crippen molar-refractivity contribution < 1.29 is 24.0 Å². The van der Waals surface area contributed by atoms with Gasteiger partial charge in [0.1, 0.15) is 0 Å². The van der Waals surface area contributed by atoms with Gasteiger partial charge in [-0.25, -0.2) is 0 Å². The topological polar surface area (TPSA) is 0 Å². The van der Waals surface area contributed by atoms with Crippen LogP contribution in [-0.4, -0.2) is 23.1 Å². The van der Waals surface area contributed by atoms with Crippen LogP contribution in [0, 0.1) is 5.92 Å². The van der Waals surface area contributed by atoms with E-state index in [0.717, 1.165) is 0 Å². The summed E-state index contributed by atoms with van der Waals surface area (Å²) in [4.78, 5) is 0. The molecule has 2 heteroatoms. The fraction of sp³-hybridized carbons (Fsp3) is 0.875. The number of hydrogen-bond donors (Lipinski definition) is 0. The minimum atomic E-state index is 0. The summed E-state index contributed by atoms with van der Waals surface area (Å²) in [5.74, 6) is 1.80. The Bertz CT molecular complexity index is 60.3. The van der Waals surface area contributed by atoms with E-state index in [-0.39, 0.29) is 47.0 Å². The number of rotatable bonds is 1. The van der Waals surface area contributed by atoms with E-state index < -0.39 is 0 Å². The molecule has 1 aliphatic rings. The van der Waals surface area contributed by atoms with Crippen molar-refractivity contribution >= 4 is 23.1 Å². The zero-order chi connectivity index (χ0) is 5.82. The summed E-state index contributed by atoms with van der Waals surface area (Å²) in [6.45, 7) is 2.28. The molecule has 1 fully saturated rings. The summed E-state index contributed by atoms with van der Waals surface area (Å²) in [5.41, 5.74) is 0. The third kappa shape index (κ3) is 5.19. The van der Waals surface area contributed by atoms with Gasteiger partial charge in [0.25, 0.3) is 0 Å². The maximum atomic E-state index is 2.28. The van der Waals surface area contributed by atoms with Crippen molar-refractivity contribution in [1.29, 1.82) is 0 Å². The first-order chi connectivity index (χ1) is 3.93. The van der Waals surface area contributed by atoms with Crippen LogP contribution in [-0.2, 0) is 0 Å². The van der Waals surface area contributed by atoms with E-state index in [9.17, 15) is 0 Å². The average Bonchev–Trinajstić information content (AvgIpc) is 1.90. The SMILES string of the molecule is CC[C-]1CCCCC1.[I-].[Mg+2]. The molecule has 1 rings (SSSR count). The van der Waals surface area contributed by atoms with Gasteiger partial charge < -0.3 is 29.9 Å². The van der Waals surface area contributed by atoms with Gasteiger partial charge in [0.05, 0.1) is 0 Å². The van der Waals surface area contributed by atoms with Crippen LogP contribution in [0.15, 0.2) is 0 Å². The van der Waals surface area contributed by atoms with Crippen molar-refractivity contribution in [2.24, 2.45) is 0 Å². The van der Waals surface area contributed by atoms with Crippen LogP contribution >= 0.6 is 0 Å². The second-order valence-corrected chi connectivity index (χ2v) is 2.66. The van der Waals surface area contributed by atoms with Gasteiger partial charge in [-0.1, -0.05) is 26.2 Å². The van der Waals surface area contributed by atoms with Gasteiger partial charge in [-0.2, -0.15) is 19.3 Å². The average molecular weight is 262 g/mol. The normalized spacial score (nSPS) is 18.9. The molecule has 0 aromatic heterocycles. The third-order valence-corrected chi connectivity index (χ3v) is 2.06. The van der Waals surface area contributed by atoms with E-state index in [4.69, 9.17) is 0 Å². The predicted molar refractivity (Wildman–Crippen MR) is 42.4 cm³/mol. The van der Waals surface area contributed by atoms with Crippen LogP contribution in [0.2, 0.25) is 0 Å². The van der Waals surface area contributed by atoms with E-state index in [0.29, 0.717) is 0 Å². The molecule has 56 valence electrons. The largest absolute Gasteiger partial charge is 2.00 e. The summed E-state index contributed by atoms with van der Waals surface area (Å²) in [5, 5.41) is 0. The summed E-state index contributed by atoms with van der Waals surface area (Å²) in [6, 6.07) is 0. The first-order valence-corrected chi connectivity index (χ1v) is 3.77. The third-order valence-electron chi connectivity index (χ3n) is 2.06. The van der Waals surface area contributed by atoms with Crippen molar-refractivity contribution in [3.05, 3.63) is 5.92 Å². The predicted octanol–water partition coefficient (Wildman–Crippen LogP) is -0.442. The van der Waals surface area contributed by atoms with Gasteiger partial charge in [0, 0.05) is 0 Å². The molecule has 0 bridgehead atoms. The maximum Gasteiger partial charge on any atom is 2.00 e. The molecular formula is C8H15IMg. The molecule has 0 spiro atoms. The molecule has 0 nitrogen and oxygen atoms in total. The molecule has 0 heterocycles. The molecular weight excluding hydrogens is 247 g/mol. The standard InChI is InChI=1S/C8H15.HI.Mg/c1-2-8-6-4-3-5-7-8;;/h2-7H2,1H3;1H;/q-1;;+2/p-1. The smallest absolute Gasteiger partial charge is 1.00 e. The Labute approximate surface area is 97.7 Å². The molecule has 0 atom stereocenters. The van der Waals surface area contributed by atoms with Gasteiger partial charge in [-0.15, -0.1) is 0 Å². The fourth-order valence-corrected chi connectivity index (χ4v) is 1.41. The molecule has 0 aromatic carbocycles. The van der Waals surface area contributed by atoms with Crippen molar-refractivity contribution in [2.75, 3.05) is 0 Å². The van der Waals surface area contributed by atoms with Crippen LogP contribution in [0.3, 0.4) is 0 Å². The number of hydrogen-bond acceptors (Lipinski definition) is 0. The Morgan fingerprint density at radius 2 is 1.60 bits per heavy atom. The second kappa shape index (κ2) is 8.59. The fourth-order valence-electron chi connectivity index (χ4n) is 1.41. The first-order valence-electron chi connectivity index (χ1n) is 3.77. The van der Waals surface area contributed by atoms with Gasteiger partial charge in [-0.3, -0.25) is 0 Å². The Morgan fingerprint density at radius 1 is 1.10 bits per heavy atom. The Hall–Kier alpha value is 1.50. The van der Waals surface area contributed by atoms with Crippen molar-refractivity contribution in [3.8, 4) is 0 Å². The van der Waals surface area contributed by atoms with Gasteiger partial charge >= 0.3 is 23.1 Å². The van der Waals surface area contributed by atoms with Crippen molar-refractivity contribution in [2.45, 2.75) is 45.4 Å². The van der Waals surface area contributed by atoms with E-state index in [1.54, 1.807) is 5.92 Å². The van der Waals surface area contributed by atoms with Crippen molar-refractivity contribution in [3.63, 3.8) is 0 Å². The van der Waals surface area contributed by atoms with E-state index in [1.165, 1.54) is 38.5 Å². The maximum absolute atomic E-state index is 2.28. The molecule has 0 aromatic rings. The van der Waals surface area contributed by atoms with E-state index in [2.05, 4.69) is 6.92 Å². The minimum Gasteiger partial charge on any atom is -1.00 e. The van der Waals surface area contributed by atoms with Gasteiger partial charge in [-0.05, 0) is 0 Å². The molecule has 0 radical (unpaired) electrons. The van der Waals surface area contributed by atoms with E-state index >= 15 is 0 Å². The monoisotopic (exact) mass is 262 g/mol. The zero-order valence-electron chi connectivity index (χ0n) is 6.83. The number of halogens is 1. The van der Waals surface area contributed by atoms with Crippen molar-refractivity contribution in [1.82, 2.24) is 0 Å². The molecule has 10 heavy (non-hydrogen) atoms. The van der Waals surface area contributed by atoms with Gasteiger partial charge in [0.2, 0.25) is 0 Å². The minimum absolute atomic E-state index is 0. The van der Waals surface area contributed by atoms with Crippen LogP contribution in [0.1, 0.15) is 45.4 Å². The second-order valence-electron chi connectivity index (χ2n) is 2.66. The molecule has 1 aliphatic carbocycles. The Kier molecular flexibility index (Phi) is 12.1. The summed E-state index contributed by atoms with van der Waals surface area (Å²) >= 11 is 0. The first kappa shape index (κ1) is 14.0. The van der Waals surface area contributed by atoms with Crippen LogP contribution in [0.5, 0.6) is 0 Å². The zero-order valence-corrected chi connectivity index (χ0v) is 10.4. The molecule has 0 N–H and O–H groups in total. The van der Waals surface area contributed by atoms with Crippen LogP contribution in [0.25, 0.3) is 0 Å². The molecule has 1 saturated carbocycles. The molecule has 0 aliphatic heterocycles.